The number of hydrogen-bond acceptors (Lipinski definition) is 3. The molecule has 1 aromatic heterocycles. The summed E-state index contributed by atoms with van der Waals surface area (Å²) in [5.41, 5.74) is 2.28. The van der Waals surface area contributed by atoms with Gasteiger partial charge in [-0.05, 0) is 41.6 Å². The van der Waals surface area contributed by atoms with Crippen molar-refractivity contribution in [2.24, 2.45) is 0 Å². The highest BCUT2D eigenvalue weighted by Crippen LogP contribution is 2.22. The zero-order valence-electron chi connectivity index (χ0n) is 13.4. The van der Waals surface area contributed by atoms with Crippen LogP contribution >= 0.6 is 11.3 Å². The van der Waals surface area contributed by atoms with Gasteiger partial charge >= 0.3 is 0 Å². The van der Waals surface area contributed by atoms with E-state index < -0.39 is 6.10 Å². The molecule has 0 radical (unpaired) electrons. The number of benzene rings is 2. The predicted octanol–water partition coefficient (Wildman–Crippen LogP) is 4.50. The van der Waals surface area contributed by atoms with Gasteiger partial charge in [-0.2, -0.15) is 0 Å². The van der Waals surface area contributed by atoms with Crippen molar-refractivity contribution >= 4 is 17.2 Å². The molecule has 0 aliphatic rings. The molecule has 0 aliphatic heterocycles. The molecule has 24 heavy (non-hydrogen) atoms. The SMILES string of the molecule is C[C@H](Oc1ccc(-c2ccccc2)cc1)C(=O)NCc1cccs1. The molecule has 0 aliphatic carbocycles. The first kappa shape index (κ1) is 16.3. The zero-order valence-corrected chi connectivity index (χ0v) is 14.3. The third-order valence-corrected chi connectivity index (χ3v) is 4.54. The summed E-state index contributed by atoms with van der Waals surface area (Å²) in [5, 5.41) is 4.88. The van der Waals surface area contributed by atoms with Gasteiger partial charge < -0.3 is 10.1 Å². The van der Waals surface area contributed by atoms with Crippen LogP contribution < -0.4 is 10.1 Å². The maximum Gasteiger partial charge on any atom is 0.261 e. The summed E-state index contributed by atoms with van der Waals surface area (Å²) >= 11 is 1.62. The first-order chi connectivity index (χ1) is 11.7. The quantitative estimate of drug-likeness (QED) is 0.719. The molecule has 1 amide bonds. The van der Waals surface area contributed by atoms with E-state index in [9.17, 15) is 4.79 Å². The minimum absolute atomic E-state index is 0.115. The molecule has 4 heteroatoms. The average Bonchev–Trinajstić information content (AvgIpc) is 3.14. The lowest BCUT2D eigenvalue weighted by Crippen LogP contribution is -2.35. The molecular weight excluding hydrogens is 318 g/mol. The van der Waals surface area contributed by atoms with Gasteiger partial charge in [0.25, 0.3) is 5.91 Å². The molecule has 1 N–H and O–H groups in total. The second-order valence-electron chi connectivity index (χ2n) is 5.45. The fourth-order valence-corrected chi connectivity index (χ4v) is 2.99. The molecular formula is C20H19NO2S. The number of ether oxygens (including phenoxy) is 1. The van der Waals surface area contributed by atoms with Crippen LogP contribution in [-0.4, -0.2) is 12.0 Å². The van der Waals surface area contributed by atoms with Crippen molar-refractivity contribution in [3.8, 4) is 16.9 Å². The molecule has 0 saturated carbocycles. The smallest absolute Gasteiger partial charge is 0.261 e. The van der Waals surface area contributed by atoms with Gasteiger partial charge in [0.15, 0.2) is 6.10 Å². The van der Waals surface area contributed by atoms with Crippen molar-refractivity contribution in [3.63, 3.8) is 0 Å². The van der Waals surface area contributed by atoms with Gasteiger partial charge in [-0.1, -0.05) is 48.5 Å². The van der Waals surface area contributed by atoms with E-state index in [1.54, 1.807) is 18.3 Å². The van der Waals surface area contributed by atoms with E-state index in [-0.39, 0.29) is 5.91 Å². The van der Waals surface area contributed by atoms with Gasteiger partial charge in [-0.15, -0.1) is 11.3 Å². The maximum absolute atomic E-state index is 12.1. The minimum Gasteiger partial charge on any atom is -0.481 e. The molecule has 3 nitrogen and oxygen atoms in total. The summed E-state index contributed by atoms with van der Waals surface area (Å²) in [6, 6.07) is 21.9. The summed E-state index contributed by atoms with van der Waals surface area (Å²) < 4.78 is 5.73. The van der Waals surface area contributed by atoms with E-state index in [1.807, 2.05) is 60.0 Å². The highest BCUT2D eigenvalue weighted by Gasteiger charge is 2.14. The van der Waals surface area contributed by atoms with E-state index in [0.717, 1.165) is 16.0 Å². The molecule has 3 rings (SSSR count). The van der Waals surface area contributed by atoms with E-state index in [2.05, 4.69) is 17.4 Å². The highest BCUT2D eigenvalue weighted by atomic mass is 32.1. The summed E-state index contributed by atoms with van der Waals surface area (Å²) in [5.74, 6) is 0.573. The van der Waals surface area contributed by atoms with Gasteiger partial charge in [0, 0.05) is 4.88 Å². The van der Waals surface area contributed by atoms with Crippen LogP contribution in [0.25, 0.3) is 11.1 Å². The standard InChI is InChI=1S/C20H19NO2S/c1-15(20(22)21-14-19-8-5-13-24-19)23-18-11-9-17(10-12-18)16-6-3-2-4-7-16/h2-13,15H,14H2,1H3,(H,21,22)/t15-/m0/s1. The third kappa shape index (κ3) is 4.24. The number of carbonyl (C=O) groups excluding carboxylic acids is 1. The highest BCUT2D eigenvalue weighted by molar-refractivity contribution is 7.09. The second kappa shape index (κ2) is 7.79. The summed E-state index contributed by atoms with van der Waals surface area (Å²) in [6.07, 6.45) is -0.535. The molecule has 3 aromatic rings. The summed E-state index contributed by atoms with van der Waals surface area (Å²) in [7, 11) is 0. The Balaban J connectivity index is 1.56. The third-order valence-electron chi connectivity index (χ3n) is 3.66. The number of thiophene rings is 1. The summed E-state index contributed by atoms with van der Waals surface area (Å²) in [4.78, 5) is 13.2. The predicted molar refractivity (Wildman–Crippen MR) is 98.1 cm³/mol. The molecule has 1 heterocycles. The van der Waals surface area contributed by atoms with E-state index in [4.69, 9.17) is 4.74 Å². The second-order valence-corrected chi connectivity index (χ2v) is 6.48. The fraction of sp³-hybridized carbons (Fsp3) is 0.150. The number of nitrogens with one attached hydrogen (secondary N) is 1. The average molecular weight is 337 g/mol. The van der Waals surface area contributed by atoms with Crippen LogP contribution in [0.3, 0.4) is 0 Å². The van der Waals surface area contributed by atoms with Crippen molar-refractivity contribution in [1.29, 1.82) is 0 Å². The Hall–Kier alpha value is -2.59. The lowest BCUT2D eigenvalue weighted by molar-refractivity contribution is -0.127. The molecule has 0 bridgehead atoms. The number of carbonyl (C=O) groups is 1. The largest absolute Gasteiger partial charge is 0.481 e. The van der Waals surface area contributed by atoms with Crippen LogP contribution in [0.2, 0.25) is 0 Å². The Labute approximate surface area is 145 Å². The lowest BCUT2D eigenvalue weighted by atomic mass is 10.1. The zero-order chi connectivity index (χ0) is 16.8. The molecule has 0 fully saturated rings. The van der Waals surface area contributed by atoms with Crippen molar-refractivity contribution in [3.05, 3.63) is 77.0 Å². The van der Waals surface area contributed by atoms with Crippen molar-refractivity contribution in [2.75, 3.05) is 0 Å². The maximum atomic E-state index is 12.1. The van der Waals surface area contributed by atoms with E-state index >= 15 is 0 Å². The fourth-order valence-electron chi connectivity index (χ4n) is 2.35. The first-order valence-corrected chi connectivity index (χ1v) is 8.72. The minimum atomic E-state index is -0.535. The Bertz CT molecular complexity index is 767. The molecule has 2 aromatic carbocycles. The number of rotatable bonds is 6. The molecule has 0 unspecified atom stereocenters. The Morgan fingerprint density at radius 2 is 1.71 bits per heavy atom. The Morgan fingerprint density at radius 1 is 1.00 bits per heavy atom. The summed E-state index contributed by atoms with van der Waals surface area (Å²) in [6.45, 7) is 2.30. The van der Waals surface area contributed by atoms with E-state index in [1.165, 1.54) is 0 Å². The number of amides is 1. The number of hydrogen-bond donors (Lipinski definition) is 1. The molecule has 0 spiro atoms. The van der Waals surface area contributed by atoms with Crippen molar-refractivity contribution in [2.45, 2.75) is 19.6 Å². The van der Waals surface area contributed by atoms with Crippen molar-refractivity contribution < 1.29 is 9.53 Å². The Kier molecular flexibility index (Phi) is 5.29. The first-order valence-electron chi connectivity index (χ1n) is 7.84. The van der Waals surface area contributed by atoms with Crippen molar-refractivity contribution in [1.82, 2.24) is 5.32 Å². The molecule has 1 atom stereocenters. The normalized spacial score (nSPS) is 11.7. The van der Waals surface area contributed by atoms with Gasteiger partial charge in [-0.3, -0.25) is 4.79 Å². The van der Waals surface area contributed by atoms with Crippen LogP contribution in [0, 0.1) is 0 Å². The van der Waals surface area contributed by atoms with Crippen LogP contribution in [0.1, 0.15) is 11.8 Å². The molecule has 0 saturated heterocycles. The van der Waals surface area contributed by atoms with Crippen LogP contribution in [-0.2, 0) is 11.3 Å². The van der Waals surface area contributed by atoms with Crippen LogP contribution in [0.4, 0.5) is 0 Å². The lowest BCUT2D eigenvalue weighted by Gasteiger charge is -2.14. The Morgan fingerprint density at radius 3 is 2.38 bits per heavy atom. The van der Waals surface area contributed by atoms with Crippen LogP contribution in [0.5, 0.6) is 5.75 Å². The van der Waals surface area contributed by atoms with E-state index in [0.29, 0.717) is 12.3 Å². The monoisotopic (exact) mass is 337 g/mol. The van der Waals surface area contributed by atoms with Gasteiger partial charge in [-0.25, -0.2) is 0 Å². The topological polar surface area (TPSA) is 38.3 Å². The van der Waals surface area contributed by atoms with Gasteiger partial charge in [0.2, 0.25) is 0 Å². The van der Waals surface area contributed by atoms with Gasteiger partial charge in [0.05, 0.1) is 6.54 Å². The van der Waals surface area contributed by atoms with Crippen LogP contribution in [0.15, 0.2) is 72.1 Å². The molecule has 122 valence electrons. The van der Waals surface area contributed by atoms with Gasteiger partial charge in [0.1, 0.15) is 5.75 Å².